The Balaban J connectivity index is 1.45. The molecule has 16 nitrogen and oxygen atoms in total. The third kappa shape index (κ3) is 4.57. The van der Waals surface area contributed by atoms with E-state index in [0.29, 0.717) is 11.1 Å². The number of hydrogen-bond donors (Lipinski definition) is 6. The van der Waals surface area contributed by atoms with Crippen molar-refractivity contribution < 1.29 is 78.2 Å². The van der Waals surface area contributed by atoms with Crippen LogP contribution in [-0.4, -0.2) is 135 Å². The van der Waals surface area contributed by atoms with Crippen molar-refractivity contribution in [3.63, 3.8) is 0 Å². The van der Waals surface area contributed by atoms with Crippen LogP contribution in [0, 0.1) is 28.6 Å². The van der Waals surface area contributed by atoms with Crippen LogP contribution in [0.3, 0.4) is 0 Å². The van der Waals surface area contributed by atoms with Gasteiger partial charge in [-0.3, -0.25) is 4.79 Å². The lowest BCUT2D eigenvalue weighted by molar-refractivity contribution is -0.296. The predicted molar refractivity (Wildman–Crippen MR) is 155 cm³/mol. The average molecular weight is 683 g/mol. The van der Waals surface area contributed by atoms with Crippen LogP contribution in [0.5, 0.6) is 0 Å². The number of fused-ring (bicyclic) bond motifs is 2. The minimum Gasteiger partial charge on any atom is -0.467 e. The van der Waals surface area contributed by atoms with Gasteiger partial charge in [0.2, 0.25) is 18.0 Å². The Hall–Kier alpha value is -2.96. The molecule has 0 aromatic heterocycles. The number of hydrogen-bond acceptors (Lipinski definition) is 16. The molecule has 0 aromatic rings. The number of Topliss-reactive ketones (excluding diaryl/α,β-unsaturated/α-hetero) is 1. The number of ether oxygens (including phenoxy) is 6. The fourth-order valence-electron chi connectivity index (χ4n) is 9.68. The quantitative estimate of drug-likeness (QED) is 0.0987. The monoisotopic (exact) mass is 682 g/mol. The maximum Gasteiger partial charge on any atom is 0.348 e. The molecule has 48 heavy (non-hydrogen) atoms. The molecule has 0 unspecified atom stereocenters. The third-order valence-electron chi connectivity index (χ3n) is 11.5. The van der Waals surface area contributed by atoms with Crippen LogP contribution in [0.4, 0.5) is 0 Å². The van der Waals surface area contributed by atoms with Crippen LogP contribution in [-0.2, 0) is 47.6 Å². The smallest absolute Gasteiger partial charge is 0.348 e. The number of rotatable bonds is 6. The fraction of sp³-hybridized carbons (Fsp3) is 0.750. The van der Waals surface area contributed by atoms with E-state index in [1.54, 1.807) is 27.7 Å². The van der Waals surface area contributed by atoms with Crippen LogP contribution in [0.15, 0.2) is 23.0 Å². The zero-order chi connectivity index (χ0) is 35.2. The lowest BCUT2D eigenvalue weighted by Gasteiger charge is -2.67. The second-order valence-corrected chi connectivity index (χ2v) is 14.3. The summed E-state index contributed by atoms with van der Waals surface area (Å²) in [5.41, 5.74) is -4.04. The standard InChI is InChI=1S/C32H42O16/c1-11(2)6-17(35)47-23-25-31-10-44-32(25,29(42)43-5)26(40)21(39)24(31)30(4)8-14(34)22(12(3)13(30)7-16(31)46-27(23)41)48-28-20(38)19(37)18(36)15(9-33)45-28/h6,13,15-16,18-21,23-26,28,33,36-40H,7-10H2,1-5H3/t13-,15+,16+,18+,19-,20+,21+,23+,24+,25+,26-,28+,30-,31+,32-/m0/s1. The van der Waals surface area contributed by atoms with Crippen molar-refractivity contribution in [3.05, 3.63) is 23.0 Å². The first-order valence-electron chi connectivity index (χ1n) is 15.9. The highest BCUT2D eigenvalue weighted by Gasteiger charge is 2.85. The Morgan fingerprint density at radius 2 is 1.71 bits per heavy atom. The van der Waals surface area contributed by atoms with Gasteiger partial charge in [-0.1, -0.05) is 12.5 Å². The number of allylic oxidation sites excluding steroid dienone is 3. The number of aliphatic hydroxyl groups is 6. The summed E-state index contributed by atoms with van der Waals surface area (Å²) < 4.78 is 34.1. The summed E-state index contributed by atoms with van der Waals surface area (Å²) in [6.07, 6.45) is -13.7. The minimum atomic E-state index is -2.32. The Morgan fingerprint density at radius 1 is 1.02 bits per heavy atom. The van der Waals surface area contributed by atoms with Gasteiger partial charge in [-0.2, -0.15) is 0 Å². The molecular formula is C32H42O16. The van der Waals surface area contributed by atoms with E-state index in [1.165, 1.54) is 0 Å². The van der Waals surface area contributed by atoms with E-state index in [9.17, 15) is 49.8 Å². The lowest BCUT2D eigenvalue weighted by atomic mass is 9.38. The average Bonchev–Trinajstić information content (AvgIpc) is 3.33. The van der Waals surface area contributed by atoms with Crippen LogP contribution in [0.1, 0.15) is 40.5 Å². The van der Waals surface area contributed by atoms with E-state index in [4.69, 9.17) is 28.4 Å². The van der Waals surface area contributed by atoms with Crippen LogP contribution in [0.2, 0.25) is 0 Å². The van der Waals surface area contributed by atoms with Gasteiger partial charge in [0.25, 0.3) is 0 Å². The van der Waals surface area contributed by atoms with Gasteiger partial charge >= 0.3 is 17.9 Å². The minimum absolute atomic E-state index is 0.0357. The molecule has 2 bridgehead atoms. The van der Waals surface area contributed by atoms with E-state index in [1.807, 2.05) is 0 Å². The van der Waals surface area contributed by atoms with Gasteiger partial charge < -0.3 is 59.1 Å². The molecule has 3 aliphatic heterocycles. The first-order valence-corrected chi connectivity index (χ1v) is 15.9. The summed E-state index contributed by atoms with van der Waals surface area (Å²) >= 11 is 0. The number of aliphatic hydroxyl groups excluding tert-OH is 6. The van der Waals surface area contributed by atoms with E-state index in [0.717, 1.165) is 13.2 Å². The normalized spacial score (nSPS) is 47.7. The van der Waals surface area contributed by atoms with Gasteiger partial charge in [0.15, 0.2) is 11.5 Å². The van der Waals surface area contributed by atoms with Crippen molar-refractivity contribution in [2.75, 3.05) is 20.3 Å². The molecule has 6 rings (SSSR count). The van der Waals surface area contributed by atoms with Gasteiger partial charge in [-0.05, 0) is 44.1 Å². The van der Waals surface area contributed by atoms with Crippen molar-refractivity contribution >= 4 is 23.7 Å². The lowest BCUT2D eigenvalue weighted by Crippen LogP contribution is -2.79. The highest BCUT2D eigenvalue weighted by molar-refractivity contribution is 5.96. The number of carbonyl (C=O) groups excluding carboxylic acids is 4. The van der Waals surface area contributed by atoms with E-state index in [2.05, 4.69) is 0 Å². The molecule has 5 fully saturated rings. The second-order valence-electron chi connectivity index (χ2n) is 14.3. The summed E-state index contributed by atoms with van der Waals surface area (Å²) in [4.78, 5) is 54.0. The van der Waals surface area contributed by atoms with Crippen LogP contribution < -0.4 is 0 Å². The molecule has 16 heteroatoms. The number of esters is 3. The van der Waals surface area contributed by atoms with Crippen molar-refractivity contribution in [1.82, 2.24) is 0 Å². The van der Waals surface area contributed by atoms with Crippen molar-refractivity contribution in [1.29, 1.82) is 0 Å². The molecule has 0 aromatic carbocycles. The zero-order valence-electron chi connectivity index (χ0n) is 27.1. The van der Waals surface area contributed by atoms with Crippen LogP contribution in [0.25, 0.3) is 0 Å². The first-order chi connectivity index (χ1) is 22.5. The summed E-state index contributed by atoms with van der Waals surface area (Å²) in [6, 6.07) is 0. The fourth-order valence-corrected chi connectivity index (χ4v) is 9.68. The van der Waals surface area contributed by atoms with E-state index >= 15 is 0 Å². The van der Waals surface area contributed by atoms with Gasteiger partial charge in [0.05, 0.1) is 32.3 Å². The largest absolute Gasteiger partial charge is 0.467 e. The molecule has 3 saturated heterocycles. The van der Waals surface area contributed by atoms with E-state index < -0.39 is 120 Å². The zero-order valence-corrected chi connectivity index (χ0v) is 27.1. The van der Waals surface area contributed by atoms with Gasteiger partial charge in [0, 0.05) is 23.8 Å². The summed E-state index contributed by atoms with van der Waals surface area (Å²) in [5.74, 6) is -6.88. The van der Waals surface area contributed by atoms with Crippen molar-refractivity contribution in [2.24, 2.45) is 28.6 Å². The number of carbonyl (C=O) groups is 4. The molecule has 1 spiro atoms. The summed E-state index contributed by atoms with van der Waals surface area (Å²) in [7, 11) is 1.06. The molecular weight excluding hydrogens is 640 g/mol. The number of methoxy groups -OCH3 is 1. The Bertz CT molecular complexity index is 1450. The Labute approximate surface area is 275 Å². The first kappa shape index (κ1) is 34.9. The number of ketones is 1. The summed E-state index contributed by atoms with van der Waals surface area (Å²) in [5, 5.41) is 64.3. The molecule has 0 amide bonds. The molecule has 6 aliphatic rings. The second kappa shape index (κ2) is 11.8. The maximum atomic E-state index is 13.9. The van der Waals surface area contributed by atoms with Crippen LogP contribution >= 0.6 is 0 Å². The van der Waals surface area contributed by atoms with Crippen molar-refractivity contribution in [2.45, 2.75) is 101 Å². The van der Waals surface area contributed by atoms with Crippen molar-refractivity contribution in [3.8, 4) is 0 Å². The highest BCUT2D eigenvalue weighted by atomic mass is 16.7. The van der Waals surface area contributed by atoms with Gasteiger partial charge in [0.1, 0.15) is 36.6 Å². The SMILES string of the molecule is COC(=O)[C@@]12OC[C@]34[C@H]([C@@H](O)[C@@H]1O)[C@@]1(C)CC(=O)C(O[C@H]5O[C@H](CO)[C@@H](O)[C@H](O)[C@H]5O)=C(C)[C@@H]1C[C@H]3OC(=O)[C@H](OC(=O)C=C(C)C)[C@@H]24. The molecule has 266 valence electrons. The molecule has 3 heterocycles. The maximum absolute atomic E-state index is 13.9. The molecule has 6 N–H and O–H groups in total. The molecule has 3 aliphatic carbocycles. The van der Waals surface area contributed by atoms with Gasteiger partial charge in [-0.25, -0.2) is 14.4 Å². The van der Waals surface area contributed by atoms with E-state index in [-0.39, 0.29) is 25.2 Å². The molecule has 0 radical (unpaired) electrons. The predicted octanol–water partition coefficient (Wildman–Crippen LogP) is -2.22. The van der Waals surface area contributed by atoms with Gasteiger partial charge in [-0.15, -0.1) is 0 Å². The Morgan fingerprint density at radius 3 is 2.33 bits per heavy atom. The molecule has 15 atom stereocenters. The topological polar surface area (TPSA) is 245 Å². The summed E-state index contributed by atoms with van der Waals surface area (Å²) in [6.45, 7) is 5.57. The third-order valence-corrected chi connectivity index (χ3v) is 11.5. The molecule has 2 saturated carbocycles. The Kier molecular flexibility index (Phi) is 8.60. The highest BCUT2D eigenvalue weighted by Crippen LogP contribution is 2.73.